The van der Waals surface area contributed by atoms with Gasteiger partial charge in [-0.1, -0.05) is 11.2 Å². The monoisotopic (exact) mass is 675 g/mol. The van der Waals surface area contributed by atoms with Crippen molar-refractivity contribution in [1.82, 2.24) is 13.7 Å². The number of fused-ring (bicyclic) bond motifs is 3. The van der Waals surface area contributed by atoms with Crippen LogP contribution in [0.15, 0.2) is 41.6 Å². The minimum Gasteiger partial charge on any atom is -0.480 e. The van der Waals surface area contributed by atoms with Crippen molar-refractivity contribution in [2.45, 2.75) is 85.9 Å². The molecule has 0 bridgehead atoms. The van der Waals surface area contributed by atoms with Gasteiger partial charge in [0.15, 0.2) is 5.78 Å². The highest BCUT2D eigenvalue weighted by Gasteiger charge is 2.24. The number of carbonyl (C=O) groups is 5. The van der Waals surface area contributed by atoms with E-state index < -0.39 is 17.9 Å². The van der Waals surface area contributed by atoms with Crippen LogP contribution in [0, 0.1) is 20.8 Å². The molecular formula is C35H41N5O9. The highest BCUT2D eigenvalue weighted by Crippen LogP contribution is 2.28. The lowest BCUT2D eigenvalue weighted by Gasteiger charge is -2.15. The Morgan fingerprint density at radius 1 is 0.735 bits per heavy atom. The van der Waals surface area contributed by atoms with Gasteiger partial charge in [-0.3, -0.25) is 24.0 Å². The average molecular weight is 676 g/mol. The predicted octanol–water partition coefficient (Wildman–Crippen LogP) is 4.79. The van der Waals surface area contributed by atoms with E-state index in [0.29, 0.717) is 17.8 Å². The molecule has 2 aliphatic rings. The molecule has 0 fully saturated rings. The lowest BCUT2D eigenvalue weighted by Crippen LogP contribution is -2.17. The number of nitrogens with one attached hydrogen (secondary N) is 1. The number of hydrogen-bond donors (Lipinski definition) is 5. The maximum absolute atomic E-state index is 11.6. The number of anilines is 1. The lowest BCUT2D eigenvalue weighted by molar-refractivity contribution is -0.138. The summed E-state index contributed by atoms with van der Waals surface area (Å²) in [5.74, 6) is -2.61. The van der Waals surface area contributed by atoms with E-state index in [0.717, 1.165) is 82.6 Å². The zero-order chi connectivity index (χ0) is 36.0. The molecule has 260 valence electrons. The molecule has 0 atom stereocenters. The van der Waals surface area contributed by atoms with Crippen molar-refractivity contribution in [1.29, 1.82) is 0 Å². The van der Waals surface area contributed by atoms with Gasteiger partial charge in [0.1, 0.15) is 19.6 Å². The van der Waals surface area contributed by atoms with Gasteiger partial charge in [0, 0.05) is 58.3 Å². The number of rotatable bonds is 7. The minimum atomic E-state index is -0.888. The summed E-state index contributed by atoms with van der Waals surface area (Å²) in [7, 11) is 0. The van der Waals surface area contributed by atoms with Gasteiger partial charge in [0.25, 0.3) is 0 Å². The first kappa shape index (κ1) is 36.2. The fourth-order valence-corrected chi connectivity index (χ4v) is 6.47. The van der Waals surface area contributed by atoms with Gasteiger partial charge in [-0.05, 0) is 83.2 Å². The number of carbonyl (C=O) groups excluding carboxylic acids is 2. The Kier molecular flexibility index (Phi) is 11.4. The SMILES string of the molecule is CC(=O)Nc1cccc2c1cc(C)n2CC(=O)O.Cc1cc2c(n1CC(=O)O)CCC/C2=N\O.Cc1cc2c(n1CC(=O)O)CCCC2=O. The summed E-state index contributed by atoms with van der Waals surface area (Å²) in [6, 6.07) is 11.0. The quantitative estimate of drug-likeness (QED) is 0.135. The van der Waals surface area contributed by atoms with Crippen LogP contribution in [0.1, 0.15) is 77.0 Å². The zero-order valence-electron chi connectivity index (χ0n) is 27.9. The van der Waals surface area contributed by atoms with Crippen LogP contribution in [-0.2, 0) is 51.7 Å². The van der Waals surface area contributed by atoms with E-state index in [1.165, 1.54) is 6.92 Å². The number of ketones is 1. The molecule has 0 saturated carbocycles. The highest BCUT2D eigenvalue weighted by molar-refractivity contribution is 6.03. The Hall–Kier alpha value is -5.66. The van der Waals surface area contributed by atoms with E-state index >= 15 is 0 Å². The van der Waals surface area contributed by atoms with Gasteiger partial charge in [-0.2, -0.15) is 0 Å². The van der Waals surface area contributed by atoms with Crippen LogP contribution in [0.2, 0.25) is 0 Å². The van der Waals surface area contributed by atoms with Gasteiger partial charge in [0.2, 0.25) is 5.91 Å². The number of oxime groups is 1. The fourth-order valence-electron chi connectivity index (χ4n) is 6.47. The Labute approximate surface area is 282 Å². The molecule has 49 heavy (non-hydrogen) atoms. The zero-order valence-corrected chi connectivity index (χ0v) is 27.9. The maximum atomic E-state index is 11.6. The van der Waals surface area contributed by atoms with Crippen LogP contribution < -0.4 is 5.32 Å². The average Bonchev–Trinajstić information content (AvgIpc) is 3.64. The molecule has 3 heterocycles. The number of aromatic nitrogens is 3. The highest BCUT2D eigenvalue weighted by atomic mass is 16.4. The third kappa shape index (κ3) is 8.44. The molecular weight excluding hydrogens is 634 g/mol. The largest absolute Gasteiger partial charge is 0.480 e. The second kappa shape index (κ2) is 15.5. The fraction of sp³-hybridized carbons (Fsp3) is 0.371. The first-order valence-corrected chi connectivity index (χ1v) is 15.9. The van der Waals surface area contributed by atoms with Crippen molar-refractivity contribution in [2.24, 2.45) is 5.16 Å². The van der Waals surface area contributed by atoms with E-state index in [2.05, 4.69) is 10.5 Å². The van der Waals surface area contributed by atoms with Crippen molar-refractivity contribution in [3.8, 4) is 0 Å². The molecule has 6 rings (SSSR count). The number of nitrogens with zero attached hydrogens (tertiary/aromatic N) is 4. The summed E-state index contributed by atoms with van der Waals surface area (Å²) in [6.07, 6.45) is 4.71. The van der Waals surface area contributed by atoms with Crippen LogP contribution in [0.3, 0.4) is 0 Å². The van der Waals surface area contributed by atoms with Gasteiger partial charge in [-0.15, -0.1) is 0 Å². The van der Waals surface area contributed by atoms with Gasteiger partial charge < -0.3 is 39.5 Å². The number of carboxylic acids is 3. The summed E-state index contributed by atoms with van der Waals surface area (Å²) in [5, 5.41) is 42.3. The first-order valence-electron chi connectivity index (χ1n) is 15.9. The first-order chi connectivity index (χ1) is 23.2. The van der Waals surface area contributed by atoms with E-state index in [9.17, 15) is 24.0 Å². The molecule has 14 nitrogen and oxygen atoms in total. The molecule has 4 aromatic rings. The van der Waals surface area contributed by atoms with Gasteiger partial charge in [-0.25, -0.2) is 0 Å². The van der Waals surface area contributed by atoms with Crippen molar-refractivity contribution in [2.75, 3.05) is 5.32 Å². The summed E-state index contributed by atoms with van der Waals surface area (Å²) in [6.45, 7) is 6.85. The lowest BCUT2D eigenvalue weighted by atomic mass is 9.96. The van der Waals surface area contributed by atoms with E-state index in [-0.39, 0.29) is 31.3 Å². The molecule has 1 amide bonds. The number of hydrogen-bond acceptors (Lipinski definition) is 7. The Balaban J connectivity index is 0.000000166. The van der Waals surface area contributed by atoms with Crippen molar-refractivity contribution >= 4 is 51.9 Å². The molecule has 0 spiro atoms. The number of amides is 1. The topological polar surface area (TPSA) is 205 Å². The number of Topliss-reactive ketones (excluding diaryl/α,β-unsaturated/α-hetero) is 1. The van der Waals surface area contributed by atoms with Crippen LogP contribution >= 0.6 is 0 Å². The Bertz CT molecular complexity index is 1960. The Morgan fingerprint density at radius 3 is 1.80 bits per heavy atom. The smallest absolute Gasteiger partial charge is 0.323 e. The third-order valence-electron chi connectivity index (χ3n) is 8.55. The molecule has 14 heteroatoms. The number of aliphatic carboxylic acids is 3. The van der Waals surface area contributed by atoms with E-state index in [1.54, 1.807) is 31.9 Å². The van der Waals surface area contributed by atoms with Gasteiger partial charge in [0.05, 0.1) is 16.9 Å². The second-order valence-corrected chi connectivity index (χ2v) is 12.1. The molecule has 0 aliphatic heterocycles. The van der Waals surface area contributed by atoms with Crippen LogP contribution in [0.5, 0.6) is 0 Å². The number of carboxylic acid groups (broad SMARTS) is 3. The van der Waals surface area contributed by atoms with E-state index in [4.69, 9.17) is 20.5 Å². The summed E-state index contributed by atoms with van der Waals surface area (Å²) in [4.78, 5) is 55.0. The molecule has 2 aliphatic carbocycles. The molecule has 3 aromatic heterocycles. The van der Waals surface area contributed by atoms with Crippen molar-refractivity contribution < 1.29 is 44.5 Å². The number of aryl methyl sites for hydroxylation is 3. The minimum absolute atomic E-state index is 0.0279. The van der Waals surface area contributed by atoms with Crippen LogP contribution in [0.25, 0.3) is 10.9 Å². The maximum Gasteiger partial charge on any atom is 0.323 e. The normalized spacial score (nSPS) is 14.2. The standard InChI is InChI=1S/C13H14N2O3.C11H14N2O3.C11H13NO3/c1-8-6-10-11(14-9(2)16)4-3-5-12(10)15(8)7-13(17)18;1-7-5-8-9(12-16)3-2-4-10(8)13(7)6-11(14)15;1-7-5-8-9(3-2-4-10(8)13)12(7)6-11(14)15/h3-6H,7H2,1-2H3,(H,14,16)(H,17,18);5,16H,2-4,6H2,1H3,(H,14,15);5H,2-4,6H2,1H3,(H,14,15)/b;12-9+;. The molecule has 1 aromatic carbocycles. The number of benzene rings is 1. The molecule has 0 unspecified atom stereocenters. The van der Waals surface area contributed by atoms with Crippen LogP contribution in [0.4, 0.5) is 5.69 Å². The predicted molar refractivity (Wildman–Crippen MR) is 181 cm³/mol. The second-order valence-electron chi connectivity index (χ2n) is 12.1. The summed E-state index contributed by atoms with van der Waals surface area (Å²) in [5.41, 5.74) is 8.26. The molecule has 0 radical (unpaired) electrons. The van der Waals surface area contributed by atoms with Crippen LogP contribution in [-0.4, -0.2) is 69.5 Å². The van der Waals surface area contributed by atoms with E-state index in [1.807, 2.05) is 39.0 Å². The van der Waals surface area contributed by atoms with Crippen molar-refractivity contribution in [3.63, 3.8) is 0 Å². The Morgan fingerprint density at radius 2 is 1.24 bits per heavy atom. The summed E-state index contributed by atoms with van der Waals surface area (Å²) >= 11 is 0. The third-order valence-corrected chi connectivity index (χ3v) is 8.55. The van der Waals surface area contributed by atoms with Gasteiger partial charge >= 0.3 is 17.9 Å². The molecule has 5 N–H and O–H groups in total. The van der Waals surface area contributed by atoms with Crippen molar-refractivity contribution in [3.05, 3.63) is 76.0 Å². The molecule has 0 saturated heterocycles. The summed E-state index contributed by atoms with van der Waals surface area (Å²) < 4.78 is 5.22.